The van der Waals surface area contributed by atoms with Gasteiger partial charge in [-0.1, -0.05) is 53.0 Å². The Balaban J connectivity index is 2.00. The molecule has 2 amide bonds. The number of amides is 2. The number of nitrogens with zero attached hydrogens (tertiary/aromatic N) is 1. The zero-order chi connectivity index (χ0) is 18.3. The fourth-order valence-corrected chi connectivity index (χ4v) is 3.09. The normalized spacial score (nSPS) is 14.5. The molecule has 2 aromatic carbocycles. The Labute approximate surface area is 160 Å². The molecule has 128 valence electrons. The van der Waals surface area contributed by atoms with Gasteiger partial charge in [0.05, 0.1) is 15.7 Å². The van der Waals surface area contributed by atoms with Gasteiger partial charge in [-0.2, -0.15) is 0 Å². The molecule has 3 rings (SSSR count). The van der Waals surface area contributed by atoms with E-state index in [0.29, 0.717) is 5.69 Å². The Morgan fingerprint density at radius 1 is 0.960 bits per heavy atom. The van der Waals surface area contributed by atoms with Crippen LogP contribution in [0.2, 0.25) is 10.0 Å². The van der Waals surface area contributed by atoms with Gasteiger partial charge in [0, 0.05) is 5.69 Å². The molecule has 1 aliphatic heterocycles. The molecule has 0 atom stereocenters. The summed E-state index contributed by atoms with van der Waals surface area (Å²) in [6, 6.07) is 10.5. The minimum absolute atomic E-state index is 0.0106. The topological polar surface area (TPSA) is 49.4 Å². The molecule has 25 heavy (non-hydrogen) atoms. The van der Waals surface area contributed by atoms with Gasteiger partial charge in [-0.25, -0.2) is 4.90 Å². The Kier molecular flexibility index (Phi) is 4.78. The van der Waals surface area contributed by atoms with Crippen LogP contribution in [0.15, 0.2) is 47.1 Å². The largest absolute Gasteiger partial charge is 0.349 e. The third-order valence-electron chi connectivity index (χ3n) is 3.85. The van der Waals surface area contributed by atoms with Crippen molar-refractivity contribution in [3.8, 4) is 0 Å². The van der Waals surface area contributed by atoms with E-state index in [1.54, 1.807) is 12.1 Å². The smallest absolute Gasteiger partial charge is 0.283 e. The van der Waals surface area contributed by atoms with Crippen LogP contribution in [0.3, 0.4) is 0 Å². The van der Waals surface area contributed by atoms with Gasteiger partial charge in [-0.3, -0.25) is 9.59 Å². The van der Waals surface area contributed by atoms with Crippen LogP contribution in [0.5, 0.6) is 0 Å². The molecular weight excluding hydrogens is 383 g/mol. The maximum atomic E-state index is 12.8. The van der Waals surface area contributed by atoms with Gasteiger partial charge in [0.1, 0.15) is 10.7 Å². The van der Waals surface area contributed by atoms with E-state index in [1.807, 2.05) is 32.0 Å². The lowest BCUT2D eigenvalue weighted by Gasteiger charge is -2.17. The molecule has 1 heterocycles. The minimum atomic E-state index is -0.649. The van der Waals surface area contributed by atoms with Gasteiger partial charge in [0.15, 0.2) is 0 Å². The second-order valence-electron chi connectivity index (χ2n) is 5.65. The molecular formula is C18H13Cl3N2O2. The van der Waals surface area contributed by atoms with Crippen molar-refractivity contribution in [2.75, 3.05) is 10.2 Å². The molecule has 0 fully saturated rings. The molecule has 0 spiro atoms. The van der Waals surface area contributed by atoms with Crippen molar-refractivity contribution in [2.24, 2.45) is 0 Å². The molecule has 2 aromatic rings. The predicted octanol–water partition coefficient (Wildman–Crippen LogP) is 5.05. The highest BCUT2D eigenvalue weighted by atomic mass is 35.5. The lowest BCUT2D eigenvalue weighted by atomic mass is 10.1. The van der Waals surface area contributed by atoms with Crippen LogP contribution in [0.25, 0.3) is 0 Å². The second-order valence-corrected chi connectivity index (χ2v) is 6.81. The second kappa shape index (κ2) is 6.71. The van der Waals surface area contributed by atoms with Gasteiger partial charge in [-0.15, -0.1) is 0 Å². The van der Waals surface area contributed by atoms with Crippen molar-refractivity contribution in [1.82, 2.24) is 0 Å². The summed E-state index contributed by atoms with van der Waals surface area (Å²) >= 11 is 18.3. The maximum Gasteiger partial charge on any atom is 0.283 e. The SMILES string of the molecule is Cc1ccc(C)c(NC2=C(Cl)C(=O)N(c3cccc(Cl)c3Cl)C2=O)c1. The first-order valence-corrected chi connectivity index (χ1v) is 8.51. The molecule has 0 bridgehead atoms. The lowest BCUT2D eigenvalue weighted by molar-refractivity contribution is -0.120. The molecule has 0 radical (unpaired) electrons. The molecule has 1 aliphatic rings. The summed E-state index contributed by atoms with van der Waals surface area (Å²) in [5.41, 5.74) is 2.84. The number of aryl methyl sites for hydroxylation is 2. The zero-order valence-electron chi connectivity index (χ0n) is 13.4. The number of halogens is 3. The Hall–Kier alpha value is -2.01. The number of carbonyl (C=O) groups is 2. The van der Waals surface area contributed by atoms with Gasteiger partial charge < -0.3 is 5.32 Å². The summed E-state index contributed by atoms with van der Waals surface area (Å²) in [5, 5.41) is 3.14. The highest BCUT2D eigenvalue weighted by Crippen LogP contribution is 2.37. The summed E-state index contributed by atoms with van der Waals surface area (Å²) in [6.45, 7) is 3.82. The maximum absolute atomic E-state index is 12.8. The van der Waals surface area contributed by atoms with E-state index < -0.39 is 11.8 Å². The van der Waals surface area contributed by atoms with Crippen LogP contribution >= 0.6 is 34.8 Å². The highest BCUT2D eigenvalue weighted by molar-refractivity contribution is 6.54. The number of hydrogen-bond donors (Lipinski definition) is 1. The summed E-state index contributed by atoms with van der Waals surface area (Å²) in [7, 11) is 0. The van der Waals surface area contributed by atoms with E-state index in [9.17, 15) is 9.59 Å². The lowest BCUT2D eigenvalue weighted by Crippen LogP contribution is -2.32. The molecule has 7 heteroatoms. The Morgan fingerprint density at radius 2 is 1.68 bits per heavy atom. The number of rotatable bonds is 3. The summed E-state index contributed by atoms with van der Waals surface area (Å²) in [6.07, 6.45) is 0. The zero-order valence-corrected chi connectivity index (χ0v) is 15.6. The van der Waals surface area contributed by atoms with Crippen LogP contribution in [0.4, 0.5) is 11.4 Å². The van der Waals surface area contributed by atoms with Crippen molar-refractivity contribution < 1.29 is 9.59 Å². The number of hydrogen-bond acceptors (Lipinski definition) is 3. The summed E-state index contributed by atoms with van der Waals surface area (Å²) in [4.78, 5) is 26.2. The highest BCUT2D eigenvalue weighted by Gasteiger charge is 2.40. The van der Waals surface area contributed by atoms with Crippen LogP contribution < -0.4 is 10.2 Å². The standard InChI is InChI=1S/C18H13Cl3N2O2/c1-9-6-7-10(2)12(8-9)22-16-15(21)17(24)23(18(16)25)13-5-3-4-11(19)14(13)20/h3-8,22H,1-2H3. The fourth-order valence-electron chi connectivity index (χ4n) is 2.50. The predicted molar refractivity (Wildman–Crippen MR) is 101 cm³/mol. The van der Waals surface area contributed by atoms with E-state index >= 15 is 0 Å². The Morgan fingerprint density at radius 3 is 2.40 bits per heavy atom. The van der Waals surface area contributed by atoms with Gasteiger partial charge in [0.25, 0.3) is 11.8 Å². The number of benzene rings is 2. The van der Waals surface area contributed by atoms with Crippen molar-refractivity contribution in [1.29, 1.82) is 0 Å². The Bertz CT molecular complexity index is 938. The monoisotopic (exact) mass is 394 g/mol. The van der Waals surface area contributed by atoms with Gasteiger partial charge in [0.2, 0.25) is 0 Å². The average molecular weight is 396 g/mol. The molecule has 0 saturated heterocycles. The van der Waals surface area contributed by atoms with Crippen molar-refractivity contribution in [2.45, 2.75) is 13.8 Å². The van der Waals surface area contributed by atoms with Crippen LogP contribution in [0.1, 0.15) is 11.1 Å². The van der Waals surface area contributed by atoms with Crippen molar-refractivity contribution in [3.63, 3.8) is 0 Å². The molecule has 4 nitrogen and oxygen atoms in total. The molecule has 0 unspecified atom stereocenters. The fraction of sp³-hybridized carbons (Fsp3) is 0.111. The average Bonchev–Trinajstić information content (AvgIpc) is 2.77. The molecule has 0 aromatic heterocycles. The van der Waals surface area contributed by atoms with E-state index in [4.69, 9.17) is 34.8 Å². The number of carbonyl (C=O) groups excluding carboxylic acids is 2. The molecule has 1 N–H and O–H groups in total. The number of anilines is 2. The van der Waals surface area contributed by atoms with E-state index in [1.165, 1.54) is 6.07 Å². The van der Waals surface area contributed by atoms with E-state index in [2.05, 4.69) is 5.32 Å². The molecule has 0 aliphatic carbocycles. The number of imide groups is 1. The third kappa shape index (κ3) is 3.13. The van der Waals surface area contributed by atoms with E-state index in [0.717, 1.165) is 16.0 Å². The van der Waals surface area contributed by atoms with E-state index in [-0.39, 0.29) is 26.5 Å². The minimum Gasteiger partial charge on any atom is -0.349 e. The quantitative estimate of drug-likeness (QED) is 0.740. The number of nitrogens with one attached hydrogen (secondary N) is 1. The first kappa shape index (κ1) is 17.8. The molecule has 0 saturated carbocycles. The van der Waals surface area contributed by atoms with Crippen LogP contribution in [-0.2, 0) is 9.59 Å². The first-order valence-electron chi connectivity index (χ1n) is 7.38. The third-order valence-corrected chi connectivity index (χ3v) is 5.01. The summed E-state index contributed by atoms with van der Waals surface area (Å²) < 4.78 is 0. The summed E-state index contributed by atoms with van der Waals surface area (Å²) in [5.74, 6) is -1.23. The van der Waals surface area contributed by atoms with Gasteiger partial charge >= 0.3 is 0 Å². The first-order chi connectivity index (χ1) is 11.8. The van der Waals surface area contributed by atoms with Crippen LogP contribution in [0, 0.1) is 13.8 Å². The van der Waals surface area contributed by atoms with Crippen molar-refractivity contribution >= 4 is 58.0 Å². The van der Waals surface area contributed by atoms with Crippen LogP contribution in [-0.4, -0.2) is 11.8 Å². The van der Waals surface area contributed by atoms with Gasteiger partial charge in [-0.05, 0) is 43.2 Å². The van der Waals surface area contributed by atoms with Crippen molar-refractivity contribution in [3.05, 3.63) is 68.3 Å².